The second-order valence-electron chi connectivity index (χ2n) is 4.91. The first-order valence-electron chi connectivity index (χ1n) is 6.73. The zero-order chi connectivity index (χ0) is 15.2. The van der Waals surface area contributed by atoms with Gasteiger partial charge in [0.25, 0.3) is 0 Å². The van der Waals surface area contributed by atoms with Gasteiger partial charge in [-0.25, -0.2) is 0 Å². The molecule has 2 aromatic rings. The summed E-state index contributed by atoms with van der Waals surface area (Å²) in [5.74, 6) is -0.379. The van der Waals surface area contributed by atoms with Gasteiger partial charge in [-0.1, -0.05) is 42.5 Å². The summed E-state index contributed by atoms with van der Waals surface area (Å²) in [4.78, 5) is 10.7. The van der Waals surface area contributed by atoms with Crippen molar-refractivity contribution >= 4 is 5.97 Å². The second kappa shape index (κ2) is 6.90. The van der Waals surface area contributed by atoms with Gasteiger partial charge in [0.15, 0.2) is 0 Å². The predicted molar refractivity (Wildman–Crippen MR) is 79.2 cm³/mol. The molecular weight excluding hydrogens is 268 g/mol. The quantitative estimate of drug-likeness (QED) is 0.856. The molecule has 0 amide bonds. The minimum absolute atomic E-state index is 0.318. The molecule has 2 aromatic carbocycles. The number of aliphatic hydroxyl groups is 1. The molecule has 0 saturated heterocycles. The van der Waals surface area contributed by atoms with Crippen LogP contribution in [0.5, 0.6) is 5.75 Å². The number of aryl methyl sites for hydroxylation is 1. The van der Waals surface area contributed by atoms with Crippen molar-refractivity contribution in [3.05, 3.63) is 65.2 Å². The van der Waals surface area contributed by atoms with Crippen molar-refractivity contribution in [1.29, 1.82) is 0 Å². The first-order valence-corrected chi connectivity index (χ1v) is 6.73. The van der Waals surface area contributed by atoms with Crippen molar-refractivity contribution in [3.63, 3.8) is 0 Å². The van der Waals surface area contributed by atoms with Crippen LogP contribution in [0.2, 0.25) is 0 Å². The summed E-state index contributed by atoms with van der Waals surface area (Å²) in [7, 11) is 0. The molecule has 21 heavy (non-hydrogen) atoms. The van der Waals surface area contributed by atoms with Crippen molar-refractivity contribution in [2.75, 3.05) is 0 Å². The van der Waals surface area contributed by atoms with Gasteiger partial charge in [0.1, 0.15) is 12.4 Å². The summed E-state index contributed by atoms with van der Waals surface area (Å²) < 4.78 is 5.76. The van der Waals surface area contributed by atoms with Crippen molar-refractivity contribution in [1.82, 2.24) is 0 Å². The monoisotopic (exact) mass is 286 g/mol. The highest BCUT2D eigenvalue weighted by Crippen LogP contribution is 2.25. The van der Waals surface area contributed by atoms with Gasteiger partial charge in [-0.15, -0.1) is 0 Å². The Morgan fingerprint density at radius 3 is 2.57 bits per heavy atom. The molecule has 0 spiro atoms. The van der Waals surface area contributed by atoms with Crippen LogP contribution in [0.3, 0.4) is 0 Å². The molecule has 0 aliphatic heterocycles. The molecule has 2 rings (SSSR count). The number of carboxylic acid groups (broad SMARTS) is 1. The first kappa shape index (κ1) is 15.1. The lowest BCUT2D eigenvalue weighted by Gasteiger charge is -2.13. The van der Waals surface area contributed by atoms with Crippen LogP contribution < -0.4 is 4.74 Å². The maximum Gasteiger partial charge on any atom is 0.306 e. The van der Waals surface area contributed by atoms with Gasteiger partial charge in [-0.3, -0.25) is 4.79 Å². The number of hydrogen-bond acceptors (Lipinski definition) is 3. The summed E-state index contributed by atoms with van der Waals surface area (Å²) in [6.45, 7) is 2.34. The SMILES string of the molecule is Cc1ccc(C(O)CC(=O)O)cc1OCc1ccccc1. The highest BCUT2D eigenvalue weighted by Gasteiger charge is 2.13. The van der Waals surface area contributed by atoms with Gasteiger partial charge in [0, 0.05) is 0 Å². The van der Waals surface area contributed by atoms with Crippen LogP contribution in [-0.2, 0) is 11.4 Å². The van der Waals surface area contributed by atoms with Gasteiger partial charge < -0.3 is 14.9 Å². The summed E-state index contributed by atoms with van der Waals surface area (Å²) in [6, 6.07) is 15.0. The van der Waals surface area contributed by atoms with Gasteiger partial charge in [-0.05, 0) is 29.7 Å². The van der Waals surface area contributed by atoms with Crippen LogP contribution in [0.1, 0.15) is 29.2 Å². The number of carbonyl (C=O) groups is 1. The van der Waals surface area contributed by atoms with Crippen LogP contribution in [0, 0.1) is 6.92 Å². The minimum atomic E-state index is -1.03. The third kappa shape index (κ3) is 4.33. The van der Waals surface area contributed by atoms with Crippen molar-refractivity contribution in [2.24, 2.45) is 0 Å². The molecule has 0 aromatic heterocycles. The Morgan fingerprint density at radius 2 is 1.90 bits per heavy atom. The standard InChI is InChI=1S/C17H18O4/c1-12-7-8-14(15(18)10-17(19)20)9-16(12)21-11-13-5-3-2-4-6-13/h2-9,15,18H,10-11H2,1H3,(H,19,20). The molecule has 1 atom stereocenters. The van der Waals surface area contributed by atoms with E-state index in [-0.39, 0.29) is 6.42 Å². The number of aliphatic carboxylic acids is 1. The Kier molecular flexibility index (Phi) is 4.95. The maximum atomic E-state index is 10.7. The summed E-state index contributed by atoms with van der Waals surface area (Å²) >= 11 is 0. The molecule has 0 bridgehead atoms. The van der Waals surface area contributed by atoms with Crippen molar-refractivity contribution < 1.29 is 19.7 Å². The van der Waals surface area contributed by atoms with Crippen LogP contribution in [0.4, 0.5) is 0 Å². The lowest BCUT2D eigenvalue weighted by Crippen LogP contribution is -2.06. The molecule has 0 fully saturated rings. The van der Waals surface area contributed by atoms with Crippen LogP contribution in [-0.4, -0.2) is 16.2 Å². The number of carboxylic acids is 1. The molecule has 0 heterocycles. The van der Waals surface area contributed by atoms with Crippen LogP contribution in [0.15, 0.2) is 48.5 Å². The number of ether oxygens (including phenoxy) is 1. The van der Waals surface area contributed by atoms with E-state index in [0.717, 1.165) is 11.1 Å². The normalized spacial score (nSPS) is 11.9. The smallest absolute Gasteiger partial charge is 0.306 e. The molecule has 0 saturated carbocycles. The van der Waals surface area contributed by atoms with E-state index in [1.807, 2.05) is 43.3 Å². The van der Waals surface area contributed by atoms with Crippen LogP contribution >= 0.6 is 0 Å². The van der Waals surface area contributed by atoms with E-state index in [2.05, 4.69) is 0 Å². The fraction of sp³-hybridized carbons (Fsp3) is 0.235. The second-order valence-corrected chi connectivity index (χ2v) is 4.91. The predicted octanol–water partition coefficient (Wildman–Crippen LogP) is 3.08. The van der Waals surface area contributed by atoms with Crippen molar-refractivity contribution in [2.45, 2.75) is 26.1 Å². The Labute approximate surface area is 123 Å². The van der Waals surface area contributed by atoms with E-state index in [9.17, 15) is 9.90 Å². The van der Waals surface area contributed by atoms with Crippen molar-refractivity contribution in [3.8, 4) is 5.75 Å². The topological polar surface area (TPSA) is 66.8 Å². The number of rotatable bonds is 6. The van der Waals surface area contributed by atoms with E-state index in [4.69, 9.17) is 9.84 Å². The minimum Gasteiger partial charge on any atom is -0.489 e. The molecule has 2 N–H and O–H groups in total. The summed E-state index contributed by atoms with van der Waals surface area (Å²) in [6.07, 6.45) is -1.34. The van der Waals surface area contributed by atoms with Gasteiger partial charge in [-0.2, -0.15) is 0 Å². The van der Waals surface area contributed by atoms with Gasteiger partial charge in [0.2, 0.25) is 0 Å². The molecule has 4 heteroatoms. The van der Waals surface area contributed by atoms with Gasteiger partial charge >= 0.3 is 5.97 Å². The third-order valence-corrected chi connectivity index (χ3v) is 3.20. The molecule has 0 aliphatic carbocycles. The maximum absolute atomic E-state index is 10.7. The average Bonchev–Trinajstić information content (AvgIpc) is 2.46. The zero-order valence-corrected chi connectivity index (χ0v) is 11.8. The fourth-order valence-electron chi connectivity index (χ4n) is 2.00. The molecule has 1 unspecified atom stereocenters. The lowest BCUT2D eigenvalue weighted by atomic mass is 10.0. The number of benzene rings is 2. The average molecular weight is 286 g/mol. The van der Waals surface area contributed by atoms with Gasteiger partial charge in [0.05, 0.1) is 12.5 Å². The van der Waals surface area contributed by atoms with E-state index in [0.29, 0.717) is 17.9 Å². The Bertz CT molecular complexity index is 607. The molecule has 110 valence electrons. The Balaban J connectivity index is 2.10. The molecule has 4 nitrogen and oxygen atoms in total. The molecule has 0 radical (unpaired) electrons. The highest BCUT2D eigenvalue weighted by atomic mass is 16.5. The number of aliphatic hydroxyl groups excluding tert-OH is 1. The first-order chi connectivity index (χ1) is 10.1. The van der Waals surface area contributed by atoms with Crippen LogP contribution in [0.25, 0.3) is 0 Å². The van der Waals surface area contributed by atoms with E-state index < -0.39 is 12.1 Å². The number of hydrogen-bond donors (Lipinski definition) is 2. The summed E-state index contributed by atoms with van der Waals surface area (Å²) in [5, 5.41) is 18.6. The third-order valence-electron chi connectivity index (χ3n) is 3.20. The van der Waals surface area contributed by atoms with E-state index in [1.54, 1.807) is 12.1 Å². The largest absolute Gasteiger partial charge is 0.489 e. The van der Waals surface area contributed by atoms with E-state index >= 15 is 0 Å². The fourth-order valence-corrected chi connectivity index (χ4v) is 2.00. The summed E-state index contributed by atoms with van der Waals surface area (Å²) in [5.41, 5.74) is 2.54. The Hall–Kier alpha value is -2.33. The lowest BCUT2D eigenvalue weighted by molar-refractivity contribution is -0.139. The molecular formula is C17H18O4. The van der Waals surface area contributed by atoms with E-state index in [1.165, 1.54) is 0 Å². The zero-order valence-electron chi connectivity index (χ0n) is 11.8. The highest BCUT2D eigenvalue weighted by molar-refractivity contribution is 5.67. The molecule has 0 aliphatic rings. The Morgan fingerprint density at radius 1 is 1.19 bits per heavy atom.